The van der Waals surface area contributed by atoms with E-state index in [2.05, 4.69) is 19.9 Å². The van der Waals surface area contributed by atoms with E-state index < -0.39 is 0 Å². The van der Waals surface area contributed by atoms with Crippen molar-refractivity contribution in [3.63, 3.8) is 0 Å². The van der Waals surface area contributed by atoms with Crippen LogP contribution in [0.25, 0.3) is 0 Å². The summed E-state index contributed by atoms with van der Waals surface area (Å²) in [5.74, 6) is 0.390. The lowest BCUT2D eigenvalue weighted by Gasteiger charge is -2.40. The van der Waals surface area contributed by atoms with Crippen molar-refractivity contribution in [2.45, 2.75) is 37.6 Å². The van der Waals surface area contributed by atoms with Gasteiger partial charge in [0.1, 0.15) is 0 Å². The van der Waals surface area contributed by atoms with Crippen molar-refractivity contribution in [1.29, 1.82) is 0 Å². The zero-order valence-corrected chi connectivity index (χ0v) is 13.8. The molecule has 23 heavy (non-hydrogen) atoms. The van der Waals surface area contributed by atoms with Crippen LogP contribution in [0.15, 0.2) is 24.5 Å². The average molecular weight is 330 g/mol. The third-order valence-corrected chi connectivity index (χ3v) is 5.31. The van der Waals surface area contributed by atoms with Crippen LogP contribution < -0.4 is 5.73 Å². The first kappa shape index (κ1) is 14.8. The van der Waals surface area contributed by atoms with E-state index in [1.807, 2.05) is 18.3 Å². The molecule has 0 bridgehead atoms. The highest BCUT2D eigenvalue weighted by atomic mass is 35.5. The second-order valence-electron chi connectivity index (χ2n) is 6.66. The molecule has 1 aliphatic carbocycles. The molecule has 0 saturated carbocycles. The van der Waals surface area contributed by atoms with Crippen LogP contribution in [0, 0.1) is 0 Å². The Bertz CT molecular complexity index is 713. The van der Waals surface area contributed by atoms with E-state index in [4.69, 9.17) is 17.3 Å². The Morgan fingerprint density at radius 1 is 1.22 bits per heavy atom. The highest BCUT2D eigenvalue weighted by Crippen LogP contribution is 2.44. The summed E-state index contributed by atoms with van der Waals surface area (Å²) in [4.78, 5) is 15.7. The van der Waals surface area contributed by atoms with Gasteiger partial charge in [0.25, 0.3) is 0 Å². The summed E-state index contributed by atoms with van der Waals surface area (Å²) in [6.07, 6.45) is 8.19. The van der Waals surface area contributed by atoms with Crippen molar-refractivity contribution in [1.82, 2.24) is 19.9 Å². The SMILES string of the molecule is Nc1ncc2c(n1)C1(CCCN(Cc3ccc(Cl)cn3)C1)CC2. The summed E-state index contributed by atoms with van der Waals surface area (Å²) in [6, 6.07) is 3.91. The highest BCUT2D eigenvalue weighted by molar-refractivity contribution is 6.30. The van der Waals surface area contributed by atoms with Gasteiger partial charge in [0.05, 0.1) is 16.4 Å². The minimum Gasteiger partial charge on any atom is -0.368 e. The van der Waals surface area contributed by atoms with Crippen LogP contribution in [0.3, 0.4) is 0 Å². The number of hydrogen-bond donors (Lipinski definition) is 1. The minimum absolute atomic E-state index is 0.136. The van der Waals surface area contributed by atoms with Gasteiger partial charge < -0.3 is 5.73 Å². The van der Waals surface area contributed by atoms with Crippen molar-refractivity contribution >= 4 is 17.5 Å². The molecule has 1 aliphatic heterocycles. The van der Waals surface area contributed by atoms with Crippen LogP contribution in [0.5, 0.6) is 0 Å². The lowest BCUT2D eigenvalue weighted by molar-refractivity contribution is 0.135. The predicted molar refractivity (Wildman–Crippen MR) is 90.2 cm³/mol. The zero-order chi connectivity index (χ0) is 15.9. The number of nitrogens with two attached hydrogens (primary N) is 1. The molecule has 2 aliphatic rings. The van der Waals surface area contributed by atoms with Gasteiger partial charge in [-0.3, -0.25) is 9.88 Å². The molecular weight excluding hydrogens is 310 g/mol. The average Bonchev–Trinajstić information content (AvgIpc) is 2.88. The van der Waals surface area contributed by atoms with Crippen molar-refractivity contribution in [2.24, 2.45) is 0 Å². The molecule has 0 amide bonds. The Morgan fingerprint density at radius 3 is 2.96 bits per heavy atom. The third-order valence-electron chi connectivity index (χ3n) is 5.09. The first-order valence-electron chi connectivity index (χ1n) is 8.09. The van der Waals surface area contributed by atoms with E-state index >= 15 is 0 Å². The number of aromatic nitrogens is 3. The normalized spacial score (nSPS) is 24.0. The summed E-state index contributed by atoms with van der Waals surface area (Å²) >= 11 is 5.92. The number of aryl methyl sites for hydroxylation is 1. The lowest BCUT2D eigenvalue weighted by atomic mass is 9.77. The molecule has 2 aromatic rings. The Labute approximate surface area is 140 Å². The van der Waals surface area contributed by atoms with Gasteiger partial charge in [-0.2, -0.15) is 0 Å². The molecule has 2 N–H and O–H groups in total. The Hall–Kier alpha value is -1.72. The number of anilines is 1. The molecule has 1 atom stereocenters. The van der Waals surface area contributed by atoms with Crippen LogP contribution in [0.4, 0.5) is 5.95 Å². The van der Waals surface area contributed by atoms with Crippen molar-refractivity contribution in [3.05, 3.63) is 46.5 Å². The number of hydrogen-bond acceptors (Lipinski definition) is 5. The van der Waals surface area contributed by atoms with Crippen LogP contribution in [-0.4, -0.2) is 32.9 Å². The van der Waals surface area contributed by atoms with E-state index in [0.29, 0.717) is 11.0 Å². The van der Waals surface area contributed by atoms with Crippen LogP contribution in [-0.2, 0) is 18.4 Å². The van der Waals surface area contributed by atoms with Crippen molar-refractivity contribution < 1.29 is 0 Å². The topological polar surface area (TPSA) is 67.9 Å². The van der Waals surface area contributed by atoms with Gasteiger partial charge in [0, 0.05) is 30.9 Å². The molecule has 0 radical (unpaired) electrons. The number of fused-ring (bicyclic) bond motifs is 2. The van der Waals surface area contributed by atoms with E-state index in [1.165, 1.54) is 24.1 Å². The quantitative estimate of drug-likeness (QED) is 0.917. The number of piperidine rings is 1. The monoisotopic (exact) mass is 329 g/mol. The van der Waals surface area contributed by atoms with Crippen molar-refractivity contribution in [3.8, 4) is 0 Å². The number of nitrogen functional groups attached to an aromatic ring is 1. The second-order valence-corrected chi connectivity index (χ2v) is 7.10. The van der Waals surface area contributed by atoms with Crippen LogP contribution >= 0.6 is 11.6 Å². The number of likely N-dealkylation sites (tertiary alicyclic amines) is 1. The number of rotatable bonds is 2. The Kier molecular flexibility index (Phi) is 3.70. The first-order chi connectivity index (χ1) is 11.1. The van der Waals surface area contributed by atoms with Gasteiger partial charge in [-0.05, 0) is 49.9 Å². The molecule has 6 heteroatoms. The zero-order valence-electron chi connectivity index (χ0n) is 13.0. The number of halogens is 1. The second kappa shape index (κ2) is 5.73. The highest BCUT2D eigenvalue weighted by Gasteiger charge is 2.43. The Morgan fingerprint density at radius 2 is 2.13 bits per heavy atom. The fourth-order valence-electron chi connectivity index (χ4n) is 4.04. The number of pyridine rings is 1. The van der Waals surface area contributed by atoms with E-state index in [0.717, 1.165) is 38.2 Å². The summed E-state index contributed by atoms with van der Waals surface area (Å²) in [5.41, 5.74) is 9.48. The molecule has 1 fully saturated rings. The van der Waals surface area contributed by atoms with Gasteiger partial charge in [-0.15, -0.1) is 0 Å². The van der Waals surface area contributed by atoms with Gasteiger partial charge in [-0.25, -0.2) is 9.97 Å². The fraction of sp³-hybridized carbons (Fsp3) is 0.471. The molecule has 3 heterocycles. The molecule has 4 rings (SSSR count). The molecular formula is C17H20ClN5. The van der Waals surface area contributed by atoms with E-state index in [9.17, 15) is 0 Å². The van der Waals surface area contributed by atoms with Crippen molar-refractivity contribution in [2.75, 3.05) is 18.8 Å². The molecule has 1 saturated heterocycles. The summed E-state index contributed by atoms with van der Waals surface area (Å²) < 4.78 is 0. The first-order valence-corrected chi connectivity index (χ1v) is 8.47. The molecule has 0 aromatic carbocycles. The van der Waals surface area contributed by atoms with Gasteiger partial charge >= 0.3 is 0 Å². The molecule has 120 valence electrons. The van der Waals surface area contributed by atoms with Gasteiger partial charge in [0.15, 0.2) is 0 Å². The number of nitrogens with zero attached hydrogens (tertiary/aromatic N) is 4. The van der Waals surface area contributed by atoms with Gasteiger partial charge in [0.2, 0.25) is 5.95 Å². The Balaban J connectivity index is 1.56. The van der Waals surface area contributed by atoms with E-state index in [1.54, 1.807) is 6.20 Å². The fourth-order valence-corrected chi connectivity index (χ4v) is 4.16. The predicted octanol–water partition coefficient (Wildman–Crippen LogP) is 2.59. The largest absolute Gasteiger partial charge is 0.368 e. The summed E-state index contributed by atoms with van der Waals surface area (Å²) in [6.45, 7) is 2.97. The van der Waals surface area contributed by atoms with Gasteiger partial charge in [-0.1, -0.05) is 11.6 Å². The lowest BCUT2D eigenvalue weighted by Crippen LogP contribution is -2.45. The molecule has 5 nitrogen and oxygen atoms in total. The molecule has 1 spiro atoms. The van der Waals surface area contributed by atoms with Crippen LogP contribution in [0.2, 0.25) is 5.02 Å². The third kappa shape index (κ3) is 2.79. The summed E-state index contributed by atoms with van der Waals surface area (Å²) in [5, 5.41) is 0.681. The minimum atomic E-state index is 0.136. The molecule has 2 aromatic heterocycles. The smallest absolute Gasteiger partial charge is 0.220 e. The standard InChI is InChI=1S/C17H20ClN5/c18-13-2-3-14(20-9-13)10-23-7-1-5-17(11-23)6-4-12-8-21-16(19)22-15(12)17/h2-3,8-9H,1,4-7,10-11H2,(H2,19,21,22). The maximum Gasteiger partial charge on any atom is 0.220 e. The maximum absolute atomic E-state index is 5.92. The molecule has 1 unspecified atom stereocenters. The van der Waals surface area contributed by atoms with Crippen LogP contribution in [0.1, 0.15) is 36.2 Å². The van der Waals surface area contributed by atoms with E-state index in [-0.39, 0.29) is 5.41 Å². The summed E-state index contributed by atoms with van der Waals surface area (Å²) in [7, 11) is 0. The maximum atomic E-state index is 5.92.